The molecular formula is C10H16N2O2S. The topological polar surface area (TPSA) is 34.6 Å². The van der Waals surface area contributed by atoms with E-state index >= 15 is 0 Å². The summed E-state index contributed by atoms with van der Waals surface area (Å²) in [5.74, 6) is 0. The molecule has 4 nitrogen and oxygen atoms in total. The lowest BCUT2D eigenvalue weighted by molar-refractivity contribution is -0.0211. The number of hydrogen-bond acceptors (Lipinski definition) is 5. The van der Waals surface area contributed by atoms with Gasteiger partial charge in [-0.15, -0.1) is 11.3 Å². The Hall–Kier alpha value is -0.490. The van der Waals surface area contributed by atoms with E-state index in [2.05, 4.69) is 16.9 Å². The molecule has 0 spiro atoms. The van der Waals surface area contributed by atoms with Crippen molar-refractivity contribution in [1.82, 2.24) is 9.88 Å². The number of morpholine rings is 1. The minimum Gasteiger partial charge on any atom is -0.378 e. The fraction of sp³-hybridized carbons (Fsp3) is 0.700. The zero-order valence-corrected chi connectivity index (χ0v) is 9.92. The third kappa shape index (κ3) is 2.75. The maximum absolute atomic E-state index is 5.69. The van der Waals surface area contributed by atoms with Crippen LogP contribution in [-0.2, 0) is 16.1 Å². The lowest BCUT2D eigenvalue weighted by atomic mass is 10.3. The number of thiazole rings is 1. The van der Waals surface area contributed by atoms with Crippen LogP contribution in [0.2, 0.25) is 0 Å². The van der Waals surface area contributed by atoms with E-state index in [9.17, 15) is 0 Å². The van der Waals surface area contributed by atoms with Crippen LogP contribution in [-0.4, -0.2) is 43.7 Å². The Labute approximate surface area is 93.8 Å². The SMILES string of the molecule is COCc1csc(C2CN(C)CCO2)n1. The average Bonchev–Trinajstić information content (AvgIpc) is 2.67. The highest BCUT2D eigenvalue weighted by Crippen LogP contribution is 2.24. The molecule has 0 aromatic carbocycles. The van der Waals surface area contributed by atoms with Gasteiger partial charge in [0.25, 0.3) is 0 Å². The molecule has 0 saturated carbocycles. The minimum absolute atomic E-state index is 0.138. The van der Waals surface area contributed by atoms with Gasteiger partial charge in [0.15, 0.2) is 0 Å². The minimum atomic E-state index is 0.138. The molecule has 1 atom stereocenters. The van der Waals surface area contributed by atoms with Gasteiger partial charge in [0, 0.05) is 25.6 Å². The first-order valence-corrected chi connectivity index (χ1v) is 5.91. The molecule has 84 valence electrons. The quantitative estimate of drug-likeness (QED) is 0.781. The molecule has 1 fully saturated rings. The number of hydrogen-bond donors (Lipinski definition) is 0. The van der Waals surface area contributed by atoms with E-state index in [4.69, 9.17) is 9.47 Å². The Morgan fingerprint density at radius 1 is 1.73 bits per heavy atom. The predicted octanol–water partition coefficient (Wildman–Crippen LogP) is 1.29. The third-order valence-corrected chi connectivity index (χ3v) is 3.39. The molecule has 0 radical (unpaired) electrons. The van der Waals surface area contributed by atoms with Crippen molar-refractivity contribution in [3.8, 4) is 0 Å². The summed E-state index contributed by atoms with van der Waals surface area (Å²) < 4.78 is 10.7. The Morgan fingerprint density at radius 2 is 2.60 bits per heavy atom. The monoisotopic (exact) mass is 228 g/mol. The number of nitrogens with zero attached hydrogens (tertiary/aromatic N) is 2. The standard InChI is InChI=1S/C10H16N2O2S/c1-12-3-4-14-9(5-12)10-11-8(6-13-2)7-15-10/h7,9H,3-6H2,1-2H3. The highest BCUT2D eigenvalue weighted by molar-refractivity contribution is 7.09. The molecule has 1 aliphatic heterocycles. The normalized spacial score (nSPS) is 23.2. The summed E-state index contributed by atoms with van der Waals surface area (Å²) >= 11 is 1.66. The van der Waals surface area contributed by atoms with Crippen LogP contribution in [0.3, 0.4) is 0 Å². The van der Waals surface area contributed by atoms with Gasteiger partial charge in [-0.3, -0.25) is 0 Å². The summed E-state index contributed by atoms with van der Waals surface area (Å²) in [6.45, 7) is 3.31. The zero-order chi connectivity index (χ0) is 10.7. The maximum Gasteiger partial charge on any atom is 0.123 e. The largest absolute Gasteiger partial charge is 0.378 e. The molecule has 0 bridgehead atoms. The molecule has 0 amide bonds. The van der Waals surface area contributed by atoms with Crippen LogP contribution in [0.4, 0.5) is 0 Å². The number of likely N-dealkylation sites (N-methyl/N-ethyl adjacent to an activating group) is 1. The van der Waals surface area contributed by atoms with Crippen LogP contribution < -0.4 is 0 Å². The van der Waals surface area contributed by atoms with Crippen molar-refractivity contribution in [2.75, 3.05) is 33.9 Å². The molecule has 0 aliphatic carbocycles. The van der Waals surface area contributed by atoms with Crippen molar-refractivity contribution in [3.63, 3.8) is 0 Å². The number of rotatable bonds is 3. The van der Waals surface area contributed by atoms with Crippen LogP contribution in [0.5, 0.6) is 0 Å². The zero-order valence-electron chi connectivity index (χ0n) is 9.10. The van der Waals surface area contributed by atoms with E-state index in [1.165, 1.54) is 0 Å². The van der Waals surface area contributed by atoms with Gasteiger partial charge in [0.1, 0.15) is 11.1 Å². The van der Waals surface area contributed by atoms with E-state index < -0.39 is 0 Å². The number of aromatic nitrogens is 1. The molecule has 1 saturated heterocycles. The third-order valence-electron chi connectivity index (χ3n) is 2.41. The Bertz CT molecular complexity index is 316. The Morgan fingerprint density at radius 3 is 3.33 bits per heavy atom. The average molecular weight is 228 g/mol. The molecule has 1 unspecified atom stereocenters. The van der Waals surface area contributed by atoms with Crippen LogP contribution in [0, 0.1) is 0 Å². The van der Waals surface area contributed by atoms with Crippen molar-refractivity contribution < 1.29 is 9.47 Å². The number of methoxy groups -OCH3 is 1. The highest BCUT2D eigenvalue weighted by atomic mass is 32.1. The lowest BCUT2D eigenvalue weighted by Crippen LogP contribution is -2.35. The smallest absolute Gasteiger partial charge is 0.123 e. The van der Waals surface area contributed by atoms with Gasteiger partial charge in [0.2, 0.25) is 0 Å². The van der Waals surface area contributed by atoms with E-state index in [1.54, 1.807) is 18.4 Å². The highest BCUT2D eigenvalue weighted by Gasteiger charge is 2.22. The second-order valence-electron chi connectivity index (χ2n) is 3.73. The van der Waals surface area contributed by atoms with E-state index in [0.717, 1.165) is 30.4 Å². The van der Waals surface area contributed by atoms with Crippen molar-refractivity contribution in [2.45, 2.75) is 12.7 Å². The van der Waals surface area contributed by atoms with Crippen LogP contribution in [0.15, 0.2) is 5.38 Å². The van der Waals surface area contributed by atoms with Gasteiger partial charge < -0.3 is 14.4 Å². The summed E-state index contributed by atoms with van der Waals surface area (Å²) in [7, 11) is 3.79. The van der Waals surface area contributed by atoms with Crippen molar-refractivity contribution >= 4 is 11.3 Å². The van der Waals surface area contributed by atoms with Crippen molar-refractivity contribution in [1.29, 1.82) is 0 Å². The first kappa shape index (κ1) is 11.0. The first-order chi connectivity index (χ1) is 7.29. The van der Waals surface area contributed by atoms with Gasteiger partial charge >= 0.3 is 0 Å². The molecule has 1 aromatic heterocycles. The van der Waals surface area contributed by atoms with Crippen LogP contribution >= 0.6 is 11.3 Å². The summed E-state index contributed by atoms with van der Waals surface area (Å²) in [5, 5.41) is 3.10. The van der Waals surface area contributed by atoms with Crippen LogP contribution in [0.1, 0.15) is 16.8 Å². The van der Waals surface area contributed by atoms with Gasteiger partial charge in [-0.2, -0.15) is 0 Å². The Balaban J connectivity index is 2.01. The molecule has 15 heavy (non-hydrogen) atoms. The second-order valence-corrected chi connectivity index (χ2v) is 4.62. The van der Waals surface area contributed by atoms with E-state index in [1.807, 2.05) is 5.38 Å². The van der Waals surface area contributed by atoms with Gasteiger partial charge in [-0.05, 0) is 7.05 Å². The van der Waals surface area contributed by atoms with Gasteiger partial charge in [-0.1, -0.05) is 0 Å². The molecule has 2 heterocycles. The molecule has 2 rings (SSSR count). The molecule has 1 aliphatic rings. The van der Waals surface area contributed by atoms with Crippen LogP contribution in [0.25, 0.3) is 0 Å². The fourth-order valence-corrected chi connectivity index (χ4v) is 2.45. The summed E-state index contributed by atoms with van der Waals surface area (Å²) in [5.41, 5.74) is 0.995. The summed E-state index contributed by atoms with van der Waals surface area (Å²) in [6, 6.07) is 0. The number of ether oxygens (including phenoxy) is 2. The van der Waals surface area contributed by atoms with E-state index in [-0.39, 0.29) is 6.10 Å². The van der Waals surface area contributed by atoms with Crippen molar-refractivity contribution in [3.05, 3.63) is 16.1 Å². The van der Waals surface area contributed by atoms with Crippen molar-refractivity contribution in [2.24, 2.45) is 0 Å². The summed E-state index contributed by atoms with van der Waals surface area (Å²) in [4.78, 5) is 6.77. The first-order valence-electron chi connectivity index (χ1n) is 5.03. The second kappa shape index (κ2) is 5.03. The fourth-order valence-electron chi connectivity index (χ4n) is 1.61. The van der Waals surface area contributed by atoms with Gasteiger partial charge in [0.05, 0.1) is 18.9 Å². The molecular weight excluding hydrogens is 212 g/mol. The van der Waals surface area contributed by atoms with E-state index in [0.29, 0.717) is 6.61 Å². The Kier molecular flexibility index (Phi) is 3.69. The molecule has 1 aromatic rings. The van der Waals surface area contributed by atoms with Gasteiger partial charge in [-0.25, -0.2) is 4.98 Å². The predicted molar refractivity (Wildman–Crippen MR) is 59.0 cm³/mol. The summed E-state index contributed by atoms with van der Waals surface area (Å²) in [6.07, 6.45) is 0.138. The lowest BCUT2D eigenvalue weighted by Gasteiger charge is -2.28. The molecule has 0 N–H and O–H groups in total. The molecule has 5 heteroatoms. The maximum atomic E-state index is 5.69.